The zero-order chi connectivity index (χ0) is 15.6. The maximum absolute atomic E-state index is 12.4. The highest BCUT2D eigenvalue weighted by Gasteiger charge is 2.23. The molecular formula is C15H13ClN2O3. The molecule has 0 unspecified atom stereocenters. The van der Waals surface area contributed by atoms with Crippen LogP contribution < -0.4 is 10.5 Å². The summed E-state index contributed by atoms with van der Waals surface area (Å²) >= 11 is 5.75. The second-order valence-corrected chi connectivity index (χ2v) is 4.85. The summed E-state index contributed by atoms with van der Waals surface area (Å²) in [4.78, 5) is 25.6. The third-order valence-corrected chi connectivity index (χ3v) is 3.34. The molecule has 0 atom stereocenters. The summed E-state index contributed by atoms with van der Waals surface area (Å²) in [7, 11) is 0. The minimum absolute atomic E-state index is 0.00566. The number of hydrogen-bond acceptors (Lipinski definition) is 3. The molecule has 0 fully saturated rings. The van der Waals surface area contributed by atoms with E-state index in [1.807, 2.05) is 19.1 Å². The predicted octanol–water partition coefficient (Wildman–Crippen LogP) is 2.82. The lowest BCUT2D eigenvalue weighted by Crippen LogP contribution is -2.38. The van der Waals surface area contributed by atoms with Crippen molar-refractivity contribution in [2.24, 2.45) is 0 Å². The van der Waals surface area contributed by atoms with Crippen molar-refractivity contribution < 1.29 is 9.32 Å². The van der Waals surface area contributed by atoms with Gasteiger partial charge in [-0.25, -0.2) is 4.79 Å². The molecule has 0 radical (unpaired) electrons. The minimum atomic E-state index is -0.701. The van der Waals surface area contributed by atoms with Gasteiger partial charge in [-0.2, -0.15) is 0 Å². The molecule has 5 nitrogen and oxygen atoms in total. The Hall–Kier alpha value is -2.45. The first-order valence-corrected chi connectivity index (χ1v) is 6.54. The van der Waals surface area contributed by atoms with Crippen LogP contribution in [0.1, 0.15) is 11.3 Å². The number of rotatable bonds is 2. The molecule has 0 aliphatic carbocycles. The Bertz CT molecular complexity index is 766. The molecule has 0 N–H and O–H groups in total. The molecule has 0 aliphatic heterocycles. The first-order valence-electron chi connectivity index (χ1n) is 6.16. The highest BCUT2D eigenvalue weighted by Crippen LogP contribution is 2.17. The van der Waals surface area contributed by atoms with Gasteiger partial charge in [0, 0.05) is 5.69 Å². The number of carbonyl (C=O) groups is 1. The normalized spacial score (nSPS) is 10.2. The average Bonchev–Trinajstić information content (AvgIpc) is 2.73. The lowest BCUT2D eigenvalue weighted by Gasteiger charge is -2.19. The van der Waals surface area contributed by atoms with Gasteiger partial charge in [-0.1, -0.05) is 40.0 Å². The highest BCUT2D eigenvalue weighted by atomic mass is 35.5. The van der Waals surface area contributed by atoms with Gasteiger partial charge in [-0.05, 0) is 26.0 Å². The van der Waals surface area contributed by atoms with Crippen molar-refractivity contribution in [3.63, 3.8) is 0 Å². The predicted molar refractivity (Wildman–Crippen MR) is 80.9 cm³/mol. The van der Waals surface area contributed by atoms with E-state index < -0.39 is 11.6 Å². The van der Waals surface area contributed by atoms with Crippen molar-refractivity contribution in [1.29, 1.82) is 0 Å². The first kappa shape index (κ1) is 14.9. The average molecular weight is 305 g/mol. The van der Waals surface area contributed by atoms with Crippen molar-refractivity contribution >= 4 is 23.3 Å². The van der Waals surface area contributed by atoms with E-state index in [1.165, 1.54) is 11.8 Å². The van der Waals surface area contributed by atoms with Crippen LogP contribution in [0.4, 0.5) is 10.5 Å². The molecule has 0 saturated carbocycles. The molecule has 6 heteroatoms. The fourth-order valence-corrected chi connectivity index (χ4v) is 1.89. The summed E-state index contributed by atoms with van der Waals surface area (Å²) in [6.07, 6.45) is 5.30. The molecule has 2 rings (SSSR count). The van der Waals surface area contributed by atoms with Gasteiger partial charge in [0.25, 0.3) is 0 Å². The zero-order valence-electron chi connectivity index (χ0n) is 11.6. The Morgan fingerprint density at radius 3 is 2.48 bits per heavy atom. The van der Waals surface area contributed by atoms with Crippen LogP contribution >= 0.6 is 11.6 Å². The first-order chi connectivity index (χ1) is 9.95. The van der Waals surface area contributed by atoms with Crippen molar-refractivity contribution in [3.05, 3.63) is 51.0 Å². The summed E-state index contributed by atoms with van der Waals surface area (Å²) in [6, 6.07) is 6.49. The number of halogens is 1. The topological polar surface area (TPSA) is 55.5 Å². The third-order valence-electron chi connectivity index (χ3n) is 2.91. The van der Waals surface area contributed by atoms with Gasteiger partial charge < -0.3 is 4.52 Å². The number of aromatic nitrogens is 1. The van der Waals surface area contributed by atoms with E-state index in [2.05, 4.69) is 5.92 Å². The summed E-state index contributed by atoms with van der Waals surface area (Å²) in [5.74, 6) is 2.57. The summed E-state index contributed by atoms with van der Waals surface area (Å²) < 4.78 is 5.70. The molecule has 21 heavy (non-hydrogen) atoms. The Morgan fingerprint density at radius 1 is 1.38 bits per heavy atom. The summed E-state index contributed by atoms with van der Waals surface area (Å²) in [5.41, 5.74) is 0.912. The van der Waals surface area contributed by atoms with E-state index in [0.717, 1.165) is 5.56 Å². The largest absolute Gasteiger partial charge is 0.370 e. The van der Waals surface area contributed by atoms with Crippen molar-refractivity contribution in [1.82, 2.24) is 4.74 Å². The fourth-order valence-electron chi connectivity index (χ4n) is 1.78. The van der Waals surface area contributed by atoms with E-state index in [9.17, 15) is 9.59 Å². The molecular weight excluding hydrogens is 292 g/mol. The van der Waals surface area contributed by atoms with Crippen LogP contribution in [-0.2, 0) is 0 Å². The molecule has 0 spiro atoms. The summed E-state index contributed by atoms with van der Waals surface area (Å²) in [5, 5.41) is -0.118. The maximum Gasteiger partial charge on any atom is 0.366 e. The van der Waals surface area contributed by atoms with Gasteiger partial charge in [0.15, 0.2) is 5.76 Å². The Labute approximate surface area is 126 Å². The van der Waals surface area contributed by atoms with Gasteiger partial charge in [0.1, 0.15) is 5.02 Å². The van der Waals surface area contributed by atoms with Crippen LogP contribution in [0.15, 0.2) is 33.6 Å². The second-order valence-electron chi connectivity index (χ2n) is 4.47. The highest BCUT2D eigenvalue weighted by molar-refractivity contribution is 6.31. The van der Waals surface area contributed by atoms with Crippen LogP contribution in [0.25, 0.3) is 0 Å². The van der Waals surface area contributed by atoms with Gasteiger partial charge in [0.2, 0.25) is 0 Å². The zero-order valence-corrected chi connectivity index (χ0v) is 12.3. The number of carbonyl (C=O) groups excluding carboxylic acids is 1. The van der Waals surface area contributed by atoms with Crippen LogP contribution in [0.2, 0.25) is 5.02 Å². The number of aryl methyl sites for hydroxylation is 2. The van der Waals surface area contributed by atoms with Gasteiger partial charge in [-0.15, -0.1) is 6.42 Å². The molecule has 1 aromatic heterocycles. The second kappa shape index (κ2) is 5.90. The number of nitrogens with zero attached hydrogens (tertiary/aromatic N) is 2. The van der Waals surface area contributed by atoms with E-state index >= 15 is 0 Å². The molecule has 108 valence electrons. The van der Waals surface area contributed by atoms with Crippen molar-refractivity contribution in [3.8, 4) is 12.3 Å². The molecule has 1 amide bonds. The van der Waals surface area contributed by atoms with E-state index in [1.54, 1.807) is 12.1 Å². The molecule has 0 aliphatic rings. The molecule has 0 bridgehead atoms. The number of terminal acetylenes is 1. The van der Waals surface area contributed by atoms with Gasteiger partial charge in [0.05, 0.1) is 6.54 Å². The summed E-state index contributed by atoms with van der Waals surface area (Å²) in [6.45, 7) is 3.44. The van der Waals surface area contributed by atoms with Crippen molar-refractivity contribution in [2.45, 2.75) is 13.8 Å². The Balaban J connectivity index is 2.45. The molecule has 2 aromatic rings. The standard InChI is InChI=1S/C15H13ClN2O3/c1-4-9-17(12-7-5-10(2)6-8-12)15(20)18-14(19)13(16)11(3)21-18/h1,5-8H,9H2,2-3H3. The van der Waals surface area contributed by atoms with Crippen LogP contribution in [-0.4, -0.2) is 17.3 Å². The van der Waals surface area contributed by atoms with Gasteiger partial charge in [-0.3, -0.25) is 9.69 Å². The smallest absolute Gasteiger partial charge is 0.366 e. The molecule has 0 saturated heterocycles. The van der Waals surface area contributed by atoms with Crippen molar-refractivity contribution in [2.75, 3.05) is 11.4 Å². The third kappa shape index (κ3) is 2.86. The van der Waals surface area contributed by atoms with Gasteiger partial charge >= 0.3 is 11.6 Å². The van der Waals surface area contributed by atoms with E-state index in [-0.39, 0.29) is 17.3 Å². The van der Waals surface area contributed by atoms with Crippen LogP contribution in [0.3, 0.4) is 0 Å². The SMILES string of the molecule is C#CCN(C(=O)n1oc(C)c(Cl)c1=O)c1ccc(C)cc1. The number of amides is 1. The lowest BCUT2D eigenvalue weighted by molar-refractivity contribution is 0.212. The number of hydrogen-bond donors (Lipinski definition) is 0. The number of anilines is 1. The fraction of sp³-hybridized carbons (Fsp3) is 0.200. The molecule has 1 heterocycles. The van der Waals surface area contributed by atoms with Crippen LogP contribution in [0, 0.1) is 26.2 Å². The maximum atomic E-state index is 12.4. The number of benzene rings is 1. The Morgan fingerprint density at radius 2 is 2.00 bits per heavy atom. The quantitative estimate of drug-likeness (QED) is 0.802. The molecule has 1 aromatic carbocycles. The lowest BCUT2D eigenvalue weighted by atomic mass is 10.2. The Kier molecular flexibility index (Phi) is 4.20. The monoisotopic (exact) mass is 304 g/mol. The van der Waals surface area contributed by atoms with E-state index in [0.29, 0.717) is 10.4 Å². The van der Waals surface area contributed by atoms with Crippen LogP contribution in [0.5, 0.6) is 0 Å². The minimum Gasteiger partial charge on any atom is -0.370 e. The van der Waals surface area contributed by atoms with E-state index in [4.69, 9.17) is 22.5 Å².